The summed E-state index contributed by atoms with van der Waals surface area (Å²) in [6, 6.07) is 2.41. The molecule has 1 saturated heterocycles. The molecule has 1 aromatic rings. The largest absolute Gasteiger partial charge is 0.349 e. The maximum absolute atomic E-state index is 12.0. The van der Waals surface area contributed by atoms with E-state index >= 15 is 0 Å². The van der Waals surface area contributed by atoms with Gasteiger partial charge in [-0.1, -0.05) is 0 Å². The van der Waals surface area contributed by atoms with E-state index < -0.39 is 0 Å². The quantitative estimate of drug-likeness (QED) is 0.846. The van der Waals surface area contributed by atoms with Crippen molar-refractivity contribution in [1.29, 1.82) is 5.26 Å². The molecule has 0 radical (unpaired) electrons. The molecule has 2 rings (SSSR count). The van der Waals surface area contributed by atoms with Gasteiger partial charge in [0.25, 0.3) is 5.91 Å². The molecule has 0 atom stereocenters. The van der Waals surface area contributed by atoms with E-state index in [0.717, 1.165) is 37.1 Å². The third-order valence-corrected chi connectivity index (χ3v) is 4.18. The monoisotopic (exact) mass is 263 g/mol. The fourth-order valence-electron chi connectivity index (χ4n) is 2.19. The van der Waals surface area contributed by atoms with Crippen LogP contribution in [0.4, 0.5) is 0 Å². The molecule has 0 aromatic carbocycles. The van der Waals surface area contributed by atoms with Crippen molar-refractivity contribution in [2.75, 3.05) is 19.6 Å². The predicted molar refractivity (Wildman–Crippen MR) is 71.6 cm³/mol. The van der Waals surface area contributed by atoms with Crippen molar-refractivity contribution in [3.63, 3.8) is 0 Å². The van der Waals surface area contributed by atoms with Crippen molar-refractivity contribution in [3.8, 4) is 6.07 Å². The van der Waals surface area contributed by atoms with Crippen molar-refractivity contribution in [2.24, 2.45) is 0 Å². The molecule has 1 amide bonds. The molecule has 1 aromatic heterocycles. The van der Waals surface area contributed by atoms with Crippen molar-refractivity contribution in [2.45, 2.75) is 25.8 Å². The van der Waals surface area contributed by atoms with Crippen LogP contribution in [0.25, 0.3) is 0 Å². The minimum Gasteiger partial charge on any atom is -0.349 e. The Bertz CT molecular complexity index is 455. The Kier molecular flexibility index (Phi) is 4.34. The fraction of sp³-hybridized carbons (Fsp3) is 0.538. The highest BCUT2D eigenvalue weighted by Crippen LogP contribution is 2.15. The third kappa shape index (κ3) is 3.09. The van der Waals surface area contributed by atoms with Gasteiger partial charge in [-0.25, -0.2) is 0 Å². The normalized spacial score (nSPS) is 17.3. The highest BCUT2D eigenvalue weighted by Gasteiger charge is 2.21. The van der Waals surface area contributed by atoms with Crippen LogP contribution < -0.4 is 5.32 Å². The van der Waals surface area contributed by atoms with E-state index in [4.69, 9.17) is 5.26 Å². The molecule has 2 heterocycles. The summed E-state index contributed by atoms with van der Waals surface area (Å²) in [4.78, 5) is 14.2. The maximum atomic E-state index is 12.0. The number of nitrogens with one attached hydrogen (secondary N) is 1. The van der Waals surface area contributed by atoms with E-state index in [9.17, 15) is 4.79 Å². The summed E-state index contributed by atoms with van der Waals surface area (Å²) in [6.45, 7) is 4.23. The minimum absolute atomic E-state index is 0.0347. The number of rotatable bonds is 3. The molecule has 0 bridgehead atoms. The van der Waals surface area contributed by atoms with Gasteiger partial charge >= 0.3 is 0 Å². The van der Waals surface area contributed by atoms with Gasteiger partial charge in [-0.15, -0.1) is 0 Å². The molecule has 1 aliphatic rings. The number of hydrogen-bond acceptors (Lipinski definition) is 4. The van der Waals surface area contributed by atoms with E-state index in [1.54, 1.807) is 11.3 Å². The fourth-order valence-corrected chi connectivity index (χ4v) is 3.02. The van der Waals surface area contributed by atoms with Gasteiger partial charge in [-0.05, 0) is 30.7 Å². The van der Waals surface area contributed by atoms with Crippen LogP contribution in [0.5, 0.6) is 0 Å². The molecular weight excluding hydrogens is 246 g/mol. The van der Waals surface area contributed by atoms with Gasteiger partial charge in [0.1, 0.15) is 0 Å². The molecule has 0 aliphatic carbocycles. The van der Waals surface area contributed by atoms with Gasteiger partial charge in [0.15, 0.2) is 0 Å². The number of carbonyl (C=O) groups is 1. The highest BCUT2D eigenvalue weighted by molar-refractivity contribution is 7.08. The number of nitriles is 1. The Balaban J connectivity index is 1.84. The first-order chi connectivity index (χ1) is 8.70. The van der Waals surface area contributed by atoms with Gasteiger partial charge in [0, 0.05) is 24.5 Å². The van der Waals surface area contributed by atoms with E-state index in [1.807, 2.05) is 17.7 Å². The smallest absolute Gasteiger partial charge is 0.252 e. The first-order valence-corrected chi connectivity index (χ1v) is 7.08. The van der Waals surface area contributed by atoms with E-state index in [-0.39, 0.29) is 11.9 Å². The number of aryl methyl sites for hydroxylation is 1. The number of hydrogen-bond donors (Lipinski definition) is 1. The minimum atomic E-state index is 0.0347. The van der Waals surface area contributed by atoms with Crippen LogP contribution in [-0.4, -0.2) is 36.5 Å². The number of piperidine rings is 1. The number of likely N-dealkylation sites (tertiary alicyclic amines) is 1. The summed E-state index contributed by atoms with van der Waals surface area (Å²) in [5.74, 6) is 0.0347. The first-order valence-electron chi connectivity index (χ1n) is 6.13. The Morgan fingerprint density at radius 1 is 1.56 bits per heavy atom. The van der Waals surface area contributed by atoms with Gasteiger partial charge in [0.05, 0.1) is 18.2 Å². The van der Waals surface area contributed by atoms with Gasteiger partial charge < -0.3 is 5.32 Å². The second kappa shape index (κ2) is 5.98. The topological polar surface area (TPSA) is 56.1 Å². The van der Waals surface area contributed by atoms with Crippen molar-refractivity contribution in [3.05, 3.63) is 21.9 Å². The summed E-state index contributed by atoms with van der Waals surface area (Å²) < 4.78 is 0. The molecular formula is C13H17N3OS. The van der Waals surface area contributed by atoms with Crippen LogP contribution in [0.1, 0.15) is 28.8 Å². The maximum Gasteiger partial charge on any atom is 0.252 e. The molecule has 0 saturated carbocycles. The molecule has 1 N–H and O–H groups in total. The summed E-state index contributed by atoms with van der Waals surface area (Å²) >= 11 is 1.56. The molecule has 4 nitrogen and oxygen atoms in total. The average molecular weight is 263 g/mol. The zero-order chi connectivity index (χ0) is 13.0. The molecule has 5 heteroatoms. The lowest BCUT2D eigenvalue weighted by Gasteiger charge is -2.30. The Hall–Kier alpha value is -1.38. The van der Waals surface area contributed by atoms with Crippen LogP contribution in [0.15, 0.2) is 10.8 Å². The lowest BCUT2D eigenvalue weighted by molar-refractivity contribution is 0.0914. The van der Waals surface area contributed by atoms with E-state index in [0.29, 0.717) is 6.54 Å². The summed E-state index contributed by atoms with van der Waals surface area (Å²) in [5, 5.41) is 15.6. The highest BCUT2D eigenvalue weighted by atomic mass is 32.1. The first kappa shape index (κ1) is 13.1. The van der Waals surface area contributed by atoms with Crippen LogP contribution in [0.2, 0.25) is 0 Å². The number of nitrogens with zero attached hydrogens (tertiary/aromatic N) is 2. The van der Waals surface area contributed by atoms with Crippen LogP contribution >= 0.6 is 11.3 Å². The molecule has 96 valence electrons. The zero-order valence-electron chi connectivity index (χ0n) is 10.5. The van der Waals surface area contributed by atoms with Crippen molar-refractivity contribution < 1.29 is 4.79 Å². The summed E-state index contributed by atoms with van der Waals surface area (Å²) in [5.41, 5.74) is 1.83. The summed E-state index contributed by atoms with van der Waals surface area (Å²) in [6.07, 6.45) is 1.85. The molecule has 0 spiro atoms. The molecule has 1 fully saturated rings. The van der Waals surface area contributed by atoms with Gasteiger partial charge in [-0.2, -0.15) is 16.6 Å². The number of amides is 1. The molecule has 18 heavy (non-hydrogen) atoms. The van der Waals surface area contributed by atoms with Crippen LogP contribution in [-0.2, 0) is 0 Å². The lowest BCUT2D eigenvalue weighted by atomic mass is 10.0. The number of carbonyl (C=O) groups excluding carboxylic acids is 1. The second-order valence-corrected chi connectivity index (χ2v) is 5.39. The lowest BCUT2D eigenvalue weighted by Crippen LogP contribution is -2.44. The second-order valence-electron chi connectivity index (χ2n) is 4.65. The SMILES string of the molecule is Cc1cscc1C(=O)NC1CCN(CC#N)CC1. The standard InChI is InChI=1S/C13H17N3OS/c1-10-8-18-9-12(10)13(17)15-11-2-5-16(6-3-11)7-4-14/h8-9,11H,2-3,5-7H2,1H3,(H,15,17). The van der Waals surface area contributed by atoms with Crippen molar-refractivity contribution >= 4 is 17.2 Å². The Labute approximate surface area is 111 Å². The Morgan fingerprint density at radius 3 is 2.83 bits per heavy atom. The molecule has 1 aliphatic heterocycles. The average Bonchev–Trinajstić information content (AvgIpc) is 2.78. The third-order valence-electron chi connectivity index (χ3n) is 3.32. The Morgan fingerprint density at radius 2 is 2.28 bits per heavy atom. The van der Waals surface area contributed by atoms with E-state index in [2.05, 4.69) is 16.3 Å². The van der Waals surface area contributed by atoms with Crippen molar-refractivity contribution in [1.82, 2.24) is 10.2 Å². The number of thiophene rings is 1. The zero-order valence-corrected chi connectivity index (χ0v) is 11.3. The van der Waals surface area contributed by atoms with Crippen LogP contribution in [0.3, 0.4) is 0 Å². The predicted octanol–water partition coefficient (Wildman–Crippen LogP) is 1.77. The summed E-state index contributed by atoms with van der Waals surface area (Å²) in [7, 11) is 0. The van der Waals surface area contributed by atoms with Gasteiger partial charge in [-0.3, -0.25) is 9.69 Å². The van der Waals surface area contributed by atoms with Gasteiger partial charge in [0.2, 0.25) is 0 Å². The van der Waals surface area contributed by atoms with E-state index in [1.165, 1.54) is 0 Å². The molecule has 0 unspecified atom stereocenters. The van der Waals surface area contributed by atoms with Crippen LogP contribution in [0, 0.1) is 18.3 Å².